The molecule has 6 rings (SSSR count). The Morgan fingerprint density at radius 1 is 1.05 bits per heavy atom. The van der Waals surface area contributed by atoms with Crippen LogP contribution in [0.1, 0.15) is 11.1 Å². The molecule has 2 saturated heterocycles. The van der Waals surface area contributed by atoms with E-state index in [1.54, 1.807) is 17.0 Å². The summed E-state index contributed by atoms with van der Waals surface area (Å²) in [7, 11) is 2.17. The third kappa shape index (κ3) is 5.76. The number of aromatic nitrogens is 4. The fourth-order valence-corrected chi connectivity index (χ4v) is 5.71. The Hall–Kier alpha value is -3.99. The number of fused-ring (bicyclic) bond motifs is 1. The van der Waals surface area contributed by atoms with Gasteiger partial charge in [0, 0.05) is 63.4 Å². The van der Waals surface area contributed by atoms with Gasteiger partial charge in [0.1, 0.15) is 5.39 Å². The lowest BCUT2D eigenvalue weighted by atomic mass is 10.1. The Labute approximate surface area is 240 Å². The highest BCUT2D eigenvalue weighted by atomic mass is 16.5. The third-order valence-corrected chi connectivity index (χ3v) is 7.94. The van der Waals surface area contributed by atoms with Crippen LogP contribution in [-0.4, -0.2) is 88.7 Å². The number of aryl methyl sites for hydroxylation is 1. The molecule has 0 radical (unpaired) electrons. The average molecular weight is 555 g/mol. The van der Waals surface area contributed by atoms with E-state index in [4.69, 9.17) is 9.72 Å². The van der Waals surface area contributed by atoms with Crippen molar-refractivity contribution in [2.45, 2.75) is 20.0 Å². The number of ether oxygens (including phenoxy) is 1. The van der Waals surface area contributed by atoms with Crippen LogP contribution < -0.4 is 15.8 Å². The maximum Gasteiger partial charge on any atom is 0.278 e. The summed E-state index contributed by atoms with van der Waals surface area (Å²) >= 11 is 0. The van der Waals surface area contributed by atoms with Crippen LogP contribution in [0.4, 0.5) is 17.3 Å². The second kappa shape index (κ2) is 11.9. The van der Waals surface area contributed by atoms with Crippen LogP contribution in [0.5, 0.6) is 0 Å². The lowest BCUT2D eigenvalue weighted by Crippen LogP contribution is -2.44. The quantitative estimate of drug-likeness (QED) is 0.332. The van der Waals surface area contributed by atoms with Crippen LogP contribution in [0.3, 0.4) is 0 Å². The number of hydrogen-bond acceptors (Lipinski definition) is 8. The molecule has 0 bridgehead atoms. The number of rotatable bonds is 8. The third-order valence-electron chi connectivity index (χ3n) is 7.94. The molecule has 214 valence electrons. The molecule has 2 fully saturated rings. The Morgan fingerprint density at radius 3 is 2.61 bits per heavy atom. The summed E-state index contributed by atoms with van der Waals surface area (Å²) in [6.45, 7) is 14.7. The molecule has 2 aromatic carbocycles. The smallest absolute Gasteiger partial charge is 0.278 e. The van der Waals surface area contributed by atoms with Crippen LogP contribution in [0, 0.1) is 6.92 Å². The van der Waals surface area contributed by atoms with E-state index < -0.39 is 0 Å². The zero-order valence-corrected chi connectivity index (χ0v) is 23.9. The summed E-state index contributed by atoms with van der Waals surface area (Å²) in [5.74, 6) is 0.443. The van der Waals surface area contributed by atoms with Gasteiger partial charge in [-0.2, -0.15) is 4.98 Å². The molecule has 2 aromatic heterocycles. The predicted molar refractivity (Wildman–Crippen MR) is 164 cm³/mol. The van der Waals surface area contributed by atoms with Crippen LogP contribution in [0.15, 0.2) is 66.1 Å². The number of nitrogens with zero attached hydrogens (tertiary/aromatic N) is 7. The van der Waals surface area contributed by atoms with Gasteiger partial charge in [0.2, 0.25) is 5.95 Å². The zero-order chi connectivity index (χ0) is 28.3. The summed E-state index contributed by atoms with van der Waals surface area (Å²) in [5.41, 5.74) is 5.83. The molecular formula is C31H38N8O2. The second-order valence-corrected chi connectivity index (χ2v) is 10.9. The second-order valence-electron chi connectivity index (χ2n) is 10.9. The van der Waals surface area contributed by atoms with Crippen molar-refractivity contribution in [3.05, 3.63) is 82.8 Å². The molecule has 10 nitrogen and oxygen atoms in total. The highest BCUT2D eigenvalue weighted by molar-refractivity contribution is 5.77. The van der Waals surface area contributed by atoms with E-state index in [0.29, 0.717) is 23.5 Å². The Bertz CT molecular complexity index is 1600. The van der Waals surface area contributed by atoms with Gasteiger partial charge in [0.05, 0.1) is 25.4 Å². The minimum Gasteiger partial charge on any atom is -0.379 e. The average Bonchev–Trinajstić information content (AvgIpc) is 3.25. The SMILES string of the molecule is C=CCn1c(=O)c2cnc(Nc3ccc(N4CCN(C)CC4)c(C)c3)nc2n1-c1cccc(CN2CCOCC2)c1. The van der Waals surface area contributed by atoms with Gasteiger partial charge in [-0.05, 0) is 55.4 Å². The van der Waals surface area contributed by atoms with Crippen molar-refractivity contribution in [2.24, 2.45) is 0 Å². The van der Waals surface area contributed by atoms with E-state index >= 15 is 0 Å². The molecule has 1 N–H and O–H groups in total. The molecular weight excluding hydrogens is 516 g/mol. The maximum absolute atomic E-state index is 13.4. The van der Waals surface area contributed by atoms with Gasteiger partial charge < -0.3 is 19.9 Å². The van der Waals surface area contributed by atoms with Crippen molar-refractivity contribution in [2.75, 3.05) is 69.7 Å². The van der Waals surface area contributed by atoms with Gasteiger partial charge >= 0.3 is 0 Å². The zero-order valence-electron chi connectivity index (χ0n) is 23.9. The van der Waals surface area contributed by atoms with Gasteiger partial charge in [-0.1, -0.05) is 18.2 Å². The van der Waals surface area contributed by atoms with E-state index in [1.165, 1.54) is 16.8 Å². The Balaban J connectivity index is 1.31. The van der Waals surface area contributed by atoms with Crippen molar-refractivity contribution in [1.29, 1.82) is 0 Å². The molecule has 2 aliphatic rings. The van der Waals surface area contributed by atoms with E-state index in [0.717, 1.165) is 70.4 Å². The Morgan fingerprint density at radius 2 is 1.85 bits per heavy atom. The summed E-state index contributed by atoms with van der Waals surface area (Å²) < 4.78 is 9.06. The molecule has 2 aliphatic heterocycles. The lowest BCUT2D eigenvalue weighted by molar-refractivity contribution is 0.0342. The predicted octanol–water partition coefficient (Wildman–Crippen LogP) is 3.40. The normalized spacial score (nSPS) is 16.8. The summed E-state index contributed by atoms with van der Waals surface area (Å²) in [6.07, 6.45) is 3.35. The van der Waals surface area contributed by atoms with E-state index in [1.807, 2.05) is 16.8 Å². The van der Waals surface area contributed by atoms with Gasteiger partial charge in [-0.15, -0.1) is 6.58 Å². The molecule has 0 aliphatic carbocycles. The van der Waals surface area contributed by atoms with Crippen LogP contribution in [0.2, 0.25) is 0 Å². The van der Waals surface area contributed by atoms with Crippen LogP contribution >= 0.6 is 0 Å². The Kier molecular flexibility index (Phi) is 7.86. The molecule has 41 heavy (non-hydrogen) atoms. The highest BCUT2D eigenvalue weighted by Crippen LogP contribution is 2.26. The van der Waals surface area contributed by atoms with E-state index in [2.05, 4.69) is 75.9 Å². The van der Waals surface area contributed by atoms with Crippen molar-refractivity contribution in [3.63, 3.8) is 0 Å². The molecule has 0 unspecified atom stereocenters. The first-order valence-electron chi connectivity index (χ1n) is 14.3. The molecule has 0 atom stereocenters. The monoisotopic (exact) mass is 554 g/mol. The van der Waals surface area contributed by atoms with Crippen molar-refractivity contribution < 1.29 is 4.74 Å². The van der Waals surface area contributed by atoms with Crippen molar-refractivity contribution >= 4 is 28.4 Å². The van der Waals surface area contributed by atoms with Gasteiger partial charge in [0.15, 0.2) is 5.65 Å². The minimum atomic E-state index is -0.141. The first-order valence-corrected chi connectivity index (χ1v) is 14.3. The standard InChI is InChI=1S/C31H38N8O2/c1-4-10-38-30(40)27-21-32-31(33-25-8-9-28(23(2)19-25)37-13-11-35(3)12-14-37)34-29(27)39(38)26-7-5-6-24(20-26)22-36-15-17-41-18-16-36/h4-9,19-21H,1,10-18,22H2,2-3H3,(H,32,33,34). The molecule has 0 amide bonds. The summed E-state index contributed by atoms with van der Waals surface area (Å²) in [6, 6.07) is 14.7. The van der Waals surface area contributed by atoms with Crippen LogP contribution in [-0.2, 0) is 17.8 Å². The van der Waals surface area contributed by atoms with Crippen LogP contribution in [0.25, 0.3) is 16.7 Å². The summed E-state index contributed by atoms with van der Waals surface area (Å²) in [5, 5.41) is 3.84. The van der Waals surface area contributed by atoms with Gasteiger partial charge in [-0.25, -0.2) is 14.3 Å². The highest BCUT2D eigenvalue weighted by Gasteiger charge is 2.19. The number of morpholine rings is 1. The van der Waals surface area contributed by atoms with Crippen molar-refractivity contribution in [3.8, 4) is 5.69 Å². The van der Waals surface area contributed by atoms with Crippen molar-refractivity contribution in [1.82, 2.24) is 29.1 Å². The van der Waals surface area contributed by atoms with Gasteiger partial charge in [-0.3, -0.25) is 9.69 Å². The topological polar surface area (TPSA) is 83.7 Å². The number of likely N-dealkylation sites (N-methyl/N-ethyl adjacent to an activating group) is 1. The number of piperazine rings is 1. The first kappa shape index (κ1) is 27.2. The maximum atomic E-state index is 13.4. The minimum absolute atomic E-state index is 0.141. The molecule has 0 spiro atoms. The van der Waals surface area contributed by atoms with E-state index in [9.17, 15) is 4.79 Å². The molecule has 0 saturated carbocycles. The molecule has 4 heterocycles. The first-order chi connectivity index (χ1) is 20.0. The lowest BCUT2D eigenvalue weighted by Gasteiger charge is -2.35. The number of anilines is 3. The molecule has 10 heteroatoms. The number of nitrogens with one attached hydrogen (secondary N) is 1. The fourth-order valence-electron chi connectivity index (χ4n) is 5.71. The number of hydrogen-bond donors (Lipinski definition) is 1. The summed E-state index contributed by atoms with van der Waals surface area (Å²) in [4.78, 5) is 29.9. The largest absolute Gasteiger partial charge is 0.379 e. The number of allylic oxidation sites excluding steroid dienone is 1. The molecule has 4 aromatic rings. The van der Waals surface area contributed by atoms with Gasteiger partial charge in [0.25, 0.3) is 5.56 Å². The number of benzene rings is 2. The van der Waals surface area contributed by atoms with E-state index in [-0.39, 0.29) is 5.56 Å². The fraction of sp³-hybridized carbons (Fsp3) is 0.387.